The zero-order chi connectivity index (χ0) is 6.41. The van der Waals surface area contributed by atoms with Crippen molar-refractivity contribution in [2.75, 3.05) is 6.61 Å². The summed E-state index contributed by atoms with van der Waals surface area (Å²) in [5, 5.41) is 15.3. The van der Waals surface area contributed by atoms with Gasteiger partial charge in [0, 0.05) is 6.61 Å². The quantitative estimate of drug-likeness (QED) is 0.528. The van der Waals surface area contributed by atoms with Crippen LogP contribution in [0.5, 0.6) is 0 Å². The minimum Gasteiger partial charge on any atom is -0.396 e. The lowest BCUT2D eigenvalue weighted by molar-refractivity contribution is 0.227. The van der Waals surface area contributed by atoms with Crippen molar-refractivity contribution in [3.05, 3.63) is 0 Å². The lowest BCUT2D eigenvalue weighted by Gasteiger charge is -2.04. The normalized spacial score (nSPS) is 13.2. The van der Waals surface area contributed by atoms with Crippen LogP contribution < -0.4 is 0 Å². The molecule has 0 bridgehead atoms. The van der Waals surface area contributed by atoms with Crippen molar-refractivity contribution in [2.45, 2.75) is 19.8 Å². The van der Waals surface area contributed by atoms with Crippen molar-refractivity contribution < 1.29 is 5.11 Å². The second-order valence-electron chi connectivity index (χ2n) is 1.90. The third-order valence-corrected chi connectivity index (χ3v) is 1.29. The second-order valence-corrected chi connectivity index (χ2v) is 1.90. The minimum atomic E-state index is 0.214. The fourth-order valence-corrected chi connectivity index (χ4v) is 0.537. The molecule has 0 aliphatic carbocycles. The summed E-state index contributed by atoms with van der Waals surface area (Å²) in [6.07, 6.45) is 3.03. The van der Waals surface area contributed by atoms with Gasteiger partial charge >= 0.3 is 0 Å². The van der Waals surface area contributed by atoms with Gasteiger partial charge in [-0.05, 0) is 18.6 Å². The molecule has 0 saturated carbocycles. The van der Waals surface area contributed by atoms with Crippen molar-refractivity contribution >= 4 is 6.21 Å². The summed E-state index contributed by atoms with van der Waals surface area (Å²) >= 11 is 0. The van der Waals surface area contributed by atoms with Gasteiger partial charge in [-0.3, -0.25) is 0 Å². The van der Waals surface area contributed by atoms with E-state index in [2.05, 4.69) is 0 Å². The van der Waals surface area contributed by atoms with Crippen molar-refractivity contribution in [3.63, 3.8) is 0 Å². The molecule has 0 aromatic heterocycles. The van der Waals surface area contributed by atoms with E-state index >= 15 is 0 Å². The maximum atomic E-state index is 8.55. The van der Waals surface area contributed by atoms with Crippen LogP contribution in [0.3, 0.4) is 0 Å². The molecule has 0 amide bonds. The maximum Gasteiger partial charge on any atom is 0.0462 e. The predicted molar refractivity (Wildman–Crippen MR) is 34.3 cm³/mol. The molecule has 48 valence electrons. The molecule has 1 atom stereocenters. The Hall–Kier alpha value is -0.370. The zero-order valence-electron chi connectivity index (χ0n) is 5.22. The molecule has 0 fully saturated rings. The van der Waals surface area contributed by atoms with Gasteiger partial charge in [-0.15, -0.1) is 0 Å². The Morgan fingerprint density at radius 2 is 2.38 bits per heavy atom. The van der Waals surface area contributed by atoms with Gasteiger partial charge in [0.1, 0.15) is 0 Å². The van der Waals surface area contributed by atoms with E-state index in [-0.39, 0.29) is 6.61 Å². The lowest BCUT2D eigenvalue weighted by atomic mass is 10.1. The van der Waals surface area contributed by atoms with Crippen LogP contribution in [-0.2, 0) is 0 Å². The Morgan fingerprint density at radius 3 is 2.50 bits per heavy atom. The number of aliphatic hydroxyl groups excluding tert-OH is 1. The van der Waals surface area contributed by atoms with Gasteiger partial charge in [0.15, 0.2) is 0 Å². The highest BCUT2D eigenvalue weighted by Gasteiger charge is 1.99. The van der Waals surface area contributed by atoms with E-state index in [1.54, 1.807) is 0 Å². The van der Waals surface area contributed by atoms with Gasteiger partial charge in [-0.25, -0.2) is 0 Å². The zero-order valence-corrected chi connectivity index (χ0v) is 5.22. The molecule has 0 spiro atoms. The average Bonchev–Trinajstić information content (AvgIpc) is 1.83. The molecule has 2 heteroatoms. The minimum absolute atomic E-state index is 0.214. The van der Waals surface area contributed by atoms with Gasteiger partial charge in [0.05, 0.1) is 0 Å². The SMILES string of the molecule is CCC(CO)CC=N. The Bertz CT molecular complexity index is 59.5. The largest absolute Gasteiger partial charge is 0.396 e. The van der Waals surface area contributed by atoms with Crippen molar-refractivity contribution in [1.82, 2.24) is 0 Å². The van der Waals surface area contributed by atoms with Crippen LogP contribution in [0.2, 0.25) is 0 Å². The number of hydrogen-bond donors (Lipinski definition) is 2. The summed E-state index contributed by atoms with van der Waals surface area (Å²) in [4.78, 5) is 0. The van der Waals surface area contributed by atoms with E-state index < -0.39 is 0 Å². The van der Waals surface area contributed by atoms with Crippen molar-refractivity contribution in [3.8, 4) is 0 Å². The van der Waals surface area contributed by atoms with Gasteiger partial charge in [0.2, 0.25) is 0 Å². The van der Waals surface area contributed by atoms with E-state index in [4.69, 9.17) is 10.5 Å². The first-order chi connectivity index (χ1) is 3.85. The molecular weight excluding hydrogens is 102 g/mol. The van der Waals surface area contributed by atoms with Gasteiger partial charge in [0.25, 0.3) is 0 Å². The highest BCUT2D eigenvalue weighted by molar-refractivity contribution is 5.53. The fraction of sp³-hybridized carbons (Fsp3) is 0.833. The Kier molecular flexibility index (Phi) is 4.56. The monoisotopic (exact) mass is 115 g/mol. The van der Waals surface area contributed by atoms with Crippen molar-refractivity contribution in [1.29, 1.82) is 5.41 Å². The van der Waals surface area contributed by atoms with Crippen LogP contribution in [0, 0.1) is 11.3 Å². The van der Waals surface area contributed by atoms with E-state index in [1.165, 1.54) is 6.21 Å². The molecule has 0 radical (unpaired) electrons. The number of hydrogen-bond acceptors (Lipinski definition) is 2. The summed E-state index contributed by atoms with van der Waals surface area (Å²) < 4.78 is 0. The summed E-state index contributed by atoms with van der Waals surface area (Å²) in [6.45, 7) is 2.23. The van der Waals surface area contributed by atoms with Gasteiger partial charge < -0.3 is 10.5 Å². The van der Waals surface area contributed by atoms with Crippen LogP contribution in [0.1, 0.15) is 19.8 Å². The standard InChI is InChI=1S/C6H13NO/c1-2-6(5-8)3-4-7/h4,6-8H,2-3,5H2,1H3. The van der Waals surface area contributed by atoms with Crippen LogP contribution >= 0.6 is 0 Å². The highest BCUT2D eigenvalue weighted by atomic mass is 16.3. The highest BCUT2D eigenvalue weighted by Crippen LogP contribution is 2.03. The first-order valence-corrected chi connectivity index (χ1v) is 2.95. The molecule has 0 aromatic rings. The van der Waals surface area contributed by atoms with Gasteiger partial charge in [-0.1, -0.05) is 13.3 Å². The Labute approximate surface area is 50.0 Å². The number of nitrogens with one attached hydrogen (secondary N) is 1. The summed E-state index contributed by atoms with van der Waals surface area (Å²) in [5.41, 5.74) is 0. The number of aliphatic hydroxyl groups is 1. The third kappa shape index (κ3) is 2.75. The van der Waals surface area contributed by atoms with Crippen LogP contribution in [0.15, 0.2) is 0 Å². The molecule has 0 aliphatic heterocycles. The molecule has 0 aliphatic rings. The van der Waals surface area contributed by atoms with Gasteiger partial charge in [-0.2, -0.15) is 0 Å². The van der Waals surface area contributed by atoms with E-state index in [9.17, 15) is 0 Å². The predicted octanol–water partition coefficient (Wildman–Crippen LogP) is 1.04. The molecule has 0 rings (SSSR count). The molecule has 0 heterocycles. The lowest BCUT2D eigenvalue weighted by Crippen LogP contribution is -2.03. The molecule has 0 saturated heterocycles. The Morgan fingerprint density at radius 1 is 1.75 bits per heavy atom. The van der Waals surface area contributed by atoms with Crippen LogP contribution in [0.25, 0.3) is 0 Å². The summed E-state index contributed by atoms with van der Waals surface area (Å²) in [5.74, 6) is 0.312. The van der Waals surface area contributed by atoms with Crippen molar-refractivity contribution in [2.24, 2.45) is 5.92 Å². The third-order valence-electron chi connectivity index (χ3n) is 1.29. The maximum absolute atomic E-state index is 8.55. The molecule has 0 aromatic carbocycles. The first-order valence-electron chi connectivity index (χ1n) is 2.95. The topological polar surface area (TPSA) is 44.1 Å². The molecule has 2 N–H and O–H groups in total. The average molecular weight is 115 g/mol. The summed E-state index contributed by atoms with van der Waals surface area (Å²) in [6, 6.07) is 0. The fourth-order valence-electron chi connectivity index (χ4n) is 0.537. The first kappa shape index (κ1) is 7.63. The molecule has 1 unspecified atom stereocenters. The van der Waals surface area contributed by atoms with Crippen LogP contribution in [0.4, 0.5) is 0 Å². The molecular formula is C6H13NO. The molecule has 8 heavy (non-hydrogen) atoms. The Balaban J connectivity index is 3.20. The molecule has 2 nitrogen and oxygen atoms in total. The smallest absolute Gasteiger partial charge is 0.0462 e. The van der Waals surface area contributed by atoms with E-state index in [0.29, 0.717) is 12.3 Å². The van der Waals surface area contributed by atoms with E-state index in [1.807, 2.05) is 6.92 Å². The van der Waals surface area contributed by atoms with Crippen LogP contribution in [-0.4, -0.2) is 17.9 Å². The van der Waals surface area contributed by atoms with E-state index in [0.717, 1.165) is 6.42 Å². The number of rotatable bonds is 4. The second kappa shape index (κ2) is 4.78. The summed E-state index contributed by atoms with van der Waals surface area (Å²) in [7, 11) is 0.